The largest absolute Gasteiger partial charge is 0.352 e. The highest BCUT2D eigenvalue weighted by atomic mass is 16.2. The van der Waals surface area contributed by atoms with E-state index >= 15 is 0 Å². The van der Waals surface area contributed by atoms with Crippen LogP contribution in [0.4, 0.5) is 4.79 Å². The molecule has 5 nitrogen and oxygen atoms in total. The molecule has 9 heavy (non-hydrogen) atoms. The first-order valence-electron chi connectivity index (χ1n) is 2.65. The highest BCUT2D eigenvalue weighted by molar-refractivity contribution is 5.71. The number of primary amides is 1. The lowest BCUT2D eigenvalue weighted by Gasteiger charge is -2.06. The lowest BCUT2D eigenvalue weighted by atomic mass is 10.3. The van der Waals surface area contributed by atoms with Crippen molar-refractivity contribution in [2.75, 3.05) is 13.1 Å². The maximum Gasteiger partial charge on any atom is 0.312 e. The standard InChI is InChI=1S/C4H12N4O/c5-1-3(6)2-8-4(7)9/h3H,1-2,5-6H2,(H3,7,8,9). The molecule has 0 saturated carbocycles. The van der Waals surface area contributed by atoms with Crippen molar-refractivity contribution in [2.45, 2.75) is 6.04 Å². The summed E-state index contributed by atoms with van der Waals surface area (Å²) >= 11 is 0. The summed E-state index contributed by atoms with van der Waals surface area (Å²) in [6.45, 7) is 0.687. The van der Waals surface area contributed by atoms with Crippen molar-refractivity contribution in [3.63, 3.8) is 0 Å². The molecule has 0 aliphatic rings. The molecular formula is C4H12N4O. The van der Waals surface area contributed by atoms with E-state index in [2.05, 4.69) is 5.32 Å². The van der Waals surface area contributed by atoms with E-state index in [1.807, 2.05) is 0 Å². The molecule has 0 aliphatic carbocycles. The summed E-state index contributed by atoms with van der Waals surface area (Å²) in [6, 6.07) is -0.767. The summed E-state index contributed by atoms with van der Waals surface area (Å²) in [5, 5.41) is 2.33. The van der Waals surface area contributed by atoms with Crippen LogP contribution in [0.5, 0.6) is 0 Å². The van der Waals surface area contributed by atoms with Crippen molar-refractivity contribution in [3.8, 4) is 0 Å². The molecule has 0 aromatic rings. The van der Waals surface area contributed by atoms with Gasteiger partial charge in [0, 0.05) is 19.1 Å². The number of urea groups is 1. The van der Waals surface area contributed by atoms with Crippen LogP contribution in [0.15, 0.2) is 0 Å². The zero-order valence-electron chi connectivity index (χ0n) is 5.13. The number of rotatable bonds is 3. The van der Waals surface area contributed by atoms with Crippen molar-refractivity contribution >= 4 is 6.03 Å². The molecule has 0 rings (SSSR count). The second-order valence-corrected chi connectivity index (χ2v) is 1.74. The SMILES string of the molecule is NCC(N)CNC(N)=O. The first kappa shape index (κ1) is 8.19. The van der Waals surface area contributed by atoms with E-state index < -0.39 is 6.03 Å². The van der Waals surface area contributed by atoms with Crippen LogP contribution in [-0.2, 0) is 0 Å². The van der Waals surface area contributed by atoms with E-state index in [0.29, 0.717) is 13.1 Å². The van der Waals surface area contributed by atoms with Crippen LogP contribution in [0.1, 0.15) is 0 Å². The monoisotopic (exact) mass is 132 g/mol. The first-order valence-corrected chi connectivity index (χ1v) is 2.65. The Morgan fingerprint density at radius 3 is 2.56 bits per heavy atom. The Morgan fingerprint density at radius 1 is 1.67 bits per heavy atom. The predicted molar refractivity (Wildman–Crippen MR) is 34.6 cm³/mol. The quantitative estimate of drug-likeness (QED) is 0.354. The zero-order valence-corrected chi connectivity index (χ0v) is 5.13. The Balaban J connectivity index is 3.16. The third-order valence-electron chi connectivity index (χ3n) is 0.841. The summed E-state index contributed by atoms with van der Waals surface area (Å²) in [6.07, 6.45) is 0. The minimum Gasteiger partial charge on any atom is -0.352 e. The van der Waals surface area contributed by atoms with Crippen LogP contribution in [0.3, 0.4) is 0 Å². The number of nitrogens with one attached hydrogen (secondary N) is 1. The van der Waals surface area contributed by atoms with Gasteiger partial charge in [0.05, 0.1) is 0 Å². The number of carbonyl (C=O) groups excluding carboxylic acids is 1. The molecule has 2 amide bonds. The van der Waals surface area contributed by atoms with Gasteiger partial charge < -0.3 is 22.5 Å². The first-order chi connectivity index (χ1) is 4.16. The molecule has 0 fully saturated rings. The van der Waals surface area contributed by atoms with Crippen LogP contribution < -0.4 is 22.5 Å². The average Bonchev–Trinajstić information content (AvgIpc) is 1.83. The van der Waals surface area contributed by atoms with Gasteiger partial charge in [-0.2, -0.15) is 0 Å². The van der Waals surface area contributed by atoms with Crippen molar-refractivity contribution in [2.24, 2.45) is 17.2 Å². The zero-order chi connectivity index (χ0) is 7.28. The van der Waals surface area contributed by atoms with Gasteiger partial charge in [-0.05, 0) is 0 Å². The highest BCUT2D eigenvalue weighted by Crippen LogP contribution is 1.67. The lowest BCUT2D eigenvalue weighted by molar-refractivity contribution is 0.248. The van der Waals surface area contributed by atoms with E-state index in [9.17, 15) is 4.79 Å². The fraction of sp³-hybridized carbons (Fsp3) is 0.750. The lowest BCUT2D eigenvalue weighted by Crippen LogP contribution is -2.43. The summed E-state index contributed by atoms with van der Waals surface area (Å²) in [5.74, 6) is 0. The van der Waals surface area contributed by atoms with E-state index in [1.54, 1.807) is 0 Å². The molecular weight excluding hydrogens is 120 g/mol. The number of carbonyl (C=O) groups is 1. The maximum absolute atomic E-state index is 10.0. The molecule has 0 aromatic carbocycles. The number of nitrogens with two attached hydrogens (primary N) is 3. The average molecular weight is 132 g/mol. The molecule has 5 heteroatoms. The molecule has 0 aromatic heterocycles. The second kappa shape index (κ2) is 4.11. The highest BCUT2D eigenvalue weighted by Gasteiger charge is 1.98. The van der Waals surface area contributed by atoms with Crippen molar-refractivity contribution < 1.29 is 4.79 Å². The molecule has 1 atom stereocenters. The fourth-order valence-electron chi connectivity index (χ4n) is 0.315. The van der Waals surface area contributed by atoms with Gasteiger partial charge in [-0.3, -0.25) is 0 Å². The van der Waals surface area contributed by atoms with Crippen molar-refractivity contribution in [3.05, 3.63) is 0 Å². The minimum atomic E-state index is -0.570. The number of hydrogen-bond acceptors (Lipinski definition) is 3. The molecule has 1 unspecified atom stereocenters. The van der Waals surface area contributed by atoms with E-state index in [0.717, 1.165) is 0 Å². The van der Waals surface area contributed by atoms with Gasteiger partial charge in [0.25, 0.3) is 0 Å². The normalized spacial score (nSPS) is 12.7. The van der Waals surface area contributed by atoms with E-state index in [4.69, 9.17) is 17.2 Å². The van der Waals surface area contributed by atoms with Gasteiger partial charge in [-0.25, -0.2) is 4.79 Å². The van der Waals surface area contributed by atoms with Gasteiger partial charge in [-0.15, -0.1) is 0 Å². The number of amides is 2. The smallest absolute Gasteiger partial charge is 0.312 e. The molecule has 0 aliphatic heterocycles. The van der Waals surface area contributed by atoms with Gasteiger partial charge in [0.15, 0.2) is 0 Å². The van der Waals surface area contributed by atoms with E-state index in [1.165, 1.54) is 0 Å². The van der Waals surface area contributed by atoms with Crippen LogP contribution in [0, 0.1) is 0 Å². The van der Waals surface area contributed by atoms with Gasteiger partial charge in [0.1, 0.15) is 0 Å². The third kappa shape index (κ3) is 5.05. The van der Waals surface area contributed by atoms with Crippen LogP contribution in [0.2, 0.25) is 0 Å². The Morgan fingerprint density at radius 2 is 2.22 bits per heavy atom. The summed E-state index contributed by atoms with van der Waals surface area (Å²) in [7, 11) is 0. The van der Waals surface area contributed by atoms with Gasteiger partial charge in [-0.1, -0.05) is 0 Å². The van der Waals surface area contributed by atoms with Crippen molar-refractivity contribution in [1.29, 1.82) is 0 Å². The van der Waals surface area contributed by atoms with Gasteiger partial charge >= 0.3 is 6.03 Å². The Hall–Kier alpha value is -0.810. The van der Waals surface area contributed by atoms with Crippen LogP contribution in [-0.4, -0.2) is 25.2 Å². The van der Waals surface area contributed by atoms with Crippen molar-refractivity contribution in [1.82, 2.24) is 5.32 Å². The van der Waals surface area contributed by atoms with Crippen LogP contribution in [0.25, 0.3) is 0 Å². The molecule has 7 N–H and O–H groups in total. The molecule has 0 radical (unpaired) electrons. The summed E-state index contributed by atoms with van der Waals surface area (Å²) in [4.78, 5) is 10.0. The topological polar surface area (TPSA) is 107 Å². The molecule has 0 heterocycles. The Kier molecular flexibility index (Phi) is 3.74. The van der Waals surface area contributed by atoms with Crippen LogP contribution >= 0.6 is 0 Å². The molecule has 0 saturated heterocycles. The fourth-order valence-corrected chi connectivity index (χ4v) is 0.315. The summed E-state index contributed by atoms with van der Waals surface area (Å²) < 4.78 is 0. The Bertz CT molecular complexity index is 94.6. The maximum atomic E-state index is 10.0. The minimum absolute atomic E-state index is 0.197. The molecule has 0 spiro atoms. The molecule has 54 valence electrons. The Labute approximate surface area is 53.6 Å². The predicted octanol–water partition coefficient (Wildman–Crippen LogP) is -2.06. The third-order valence-corrected chi connectivity index (χ3v) is 0.841. The molecule has 0 bridgehead atoms. The summed E-state index contributed by atoms with van der Waals surface area (Å²) in [5.41, 5.74) is 15.2. The second-order valence-electron chi connectivity index (χ2n) is 1.74. The number of hydrogen-bond donors (Lipinski definition) is 4. The van der Waals surface area contributed by atoms with Gasteiger partial charge in [0.2, 0.25) is 0 Å². The van der Waals surface area contributed by atoms with E-state index in [-0.39, 0.29) is 6.04 Å².